The van der Waals surface area contributed by atoms with Crippen LogP contribution in [-0.4, -0.2) is 19.6 Å². The summed E-state index contributed by atoms with van der Waals surface area (Å²) in [6.45, 7) is 4.77. The maximum absolute atomic E-state index is 9.62. The quantitative estimate of drug-likeness (QED) is 0.763. The fourth-order valence-electron chi connectivity index (χ4n) is 2.27. The number of rotatable bonds is 2. The van der Waals surface area contributed by atoms with E-state index in [1.807, 2.05) is 31.2 Å². The molecule has 2 aromatic heterocycles. The molecule has 19 heavy (non-hydrogen) atoms. The molecule has 3 aromatic rings. The molecule has 0 atom stereocenters. The minimum atomic E-state index is 0.307. The summed E-state index contributed by atoms with van der Waals surface area (Å²) in [6.07, 6.45) is 1.78. The second-order valence-electron chi connectivity index (χ2n) is 4.53. The van der Waals surface area contributed by atoms with Crippen LogP contribution in [0.4, 0.5) is 0 Å². The Morgan fingerprint density at radius 1 is 1.26 bits per heavy atom. The standard InChI is InChI=1S/C15H15N3O/c1-3-18-14(11-6-7-13(19)10(2)9-11)17-12-5-4-8-16-15(12)18/h4-9,19H,3H2,1-2H3. The minimum Gasteiger partial charge on any atom is -0.508 e. The van der Waals surface area contributed by atoms with E-state index >= 15 is 0 Å². The number of aromatic nitrogens is 3. The molecule has 0 aliphatic carbocycles. The van der Waals surface area contributed by atoms with Crippen molar-refractivity contribution in [3.05, 3.63) is 42.1 Å². The van der Waals surface area contributed by atoms with Crippen LogP contribution in [0.15, 0.2) is 36.5 Å². The van der Waals surface area contributed by atoms with E-state index in [-0.39, 0.29) is 0 Å². The molecule has 4 heteroatoms. The largest absolute Gasteiger partial charge is 0.508 e. The van der Waals surface area contributed by atoms with Crippen molar-refractivity contribution in [1.82, 2.24) is 14.5 Å². The van der Waals surface area contributed by atoms with Gasteiger partial charge in [-0.2, -0.15) is 0 Å². The van der Waals surface area contributed by atoms with Crippen molar-refractivity contribution < 1.29 is 5.11 Å². The van der Waals surface area contributed by atoms with E-state index in [9.17, 15) is 5.11 Å². The van der Waals surface area contributed by atoms with Crippen LogP contribution >= 0.6 is 0 Å². The number of pyridine rings is 1. The molecule has 3 rings (SSSR count). The van der Waals surface area contributed by atoms with Gasteiger partial charge >= 0.3 is 0 Å². The average Bonchev–Trinajstić information content (AvgIpc) is 2.80. The number of aromatic hydroxyl groups is 1. The molecule has 0 saturated heterocycles. The van der Waals surface area contributed by atoms with Gasteiger partial charge in [0.05, 0.1) is 0 Å². The highest BCUT2D eigenvalue weighted by atomic mass is 16.3. The molecule has 0 saturated carbocycles. The Morgan fingerprint density at radius 2 is 2.11 bits per heavy atom. The van der Waals surface area contributed by atoms with Crippen molar-refractivity contribution in [2.45, 2.75) is 20.4 Å². The Kier molecular flexibility index (Phi) is 2.71. The summed E-state index contributed by atoms with van der Waals surface area (Å²) in [7, 11) is 0. The number of aryl methyl sites for hydroxylation is 2. The summed E-state index contributed by atoms with van der Waals surface area (Å²) in [5.74, 6) is 1.19. The van der Waals surface area contributed by atoms with E-state index in [1.54, 1.807) is 12.3 Å². The van der Waals surface area contributed by atoms with Gasteiger partial charge in [-0.25, -0.2) is 9.97 Å². The number of phenolic OH excluding ortho intramolecular Hbond substituents is 1. The molecule has 0 fully saturated rings. The average molecular weight is 253 g/mol. The predicted molar refractivity (Wildman–Crippen MR) is 75.0 cm³/mol. The first kappa shape index (κ1) is 11.7. The first-order valence-corrected chi connectivity index (χ1v) is 6.32. The number of imidazole rings is 1. The summed E-state index contributed by atoms with van der Waals surface area (Å²) in [5, 5.41) is 9.62. The van der Waals surface area contributed by atoms with Gasteiger partial charge in [0.15, 0.2) is 5.65 Å². The Labute approximate surface area is 111 Å². The summed E-state index contributed by atoms with van der Waals surface area (Å²) < 4.78 is 2.08. The first-order valence-electron chi connectivity index (χ1n) is 6.32. The number of hydrogen-bond donors (Lipinski definition) is 1. The van der Waals surface area contributed by atoms with Gasteiger partial charge in [-0.1, -0.05) is 0 Å². The molecule has 1 aromatic carbocycles. The van der Waals surface area contributed by atoms with Crippen molar-refractivity contribution in [2.75, 3.05) is 0 Å². The fraction of sp³-hybridized carbons (Fsp3) is 0.200. The van der Waals surface area contributed by atoms with E-state index < -0.39 is 0 Å². The van der Waals surface area contributed by atoms with Crippen molar-refractivity contribution in [1.29, 1.82) is 0 Å². The zero-order valence-corrected chi connectivity index (χ0v) is 11.0. The SMILES string of the molecule is CCn1c(-c2ccc(O)c(C)c2)nc2cccnc21. The van der Waals surface area contributed by atoms with Gasteiger partial charge in [0.25, 0.3) is 0 Å². The molecule has 0 aliphatic rings. The highest BCUT2D eigenvalue weighted by molar-refractivity contribution is 5.77. The number of benzene rings is 1. The van der Waals surface area contributed by atoms with E-state index in [0.29, 0.717) is 5.75 Å². The molecule has 0 aliphatic heterocycles. The van der Waals surface area contributed by atoms with Gasteiger partial charge < -0.3 is 9.67 Å². The van der Waals surface area contributed by atoms with Gasteiger partial charge in [-0.05, 0) is 49.7 Å². The monoisotopic (exact) mass is 253 g/mol. The second kappa shape index (κ2) is 4.39. The lowest BCUT2D eigenvalue weighted by Gasteiger charge is -2.07. The third kappa shape index (κ3) is 1.85. The Bertz CT molecular complexity index is 746. The van der Waals surface area contributed by atoms with E-state index in [1.165, 1.54) is 0 Å². The second-order valence-corrected chi connectivity index (χ2v) is 4.53. The van der Waals surface area contributed by atoms with Crippen LogP contribution in [-0.2, 0) is 6.54 Å². The van der Waals surface area contributed by atoms with E-state index in [0.717, 1.165) is 34.7 Å². The van der Waals surface area contributed by atoms with Crippen LogP contribution < -0.4 is 0 Å². The zero-order chi connectivity index (χ0) is 13.4. The third-order valence-electron chi connectivity index (χ3n) is 3.27. The fourth-order valence-corrected chi connectivity index (χ4v) is 2.27. The minimum absolute atomic E-state index is 0.307. The van der Waals surface area contributed by atoms with Crippen molar-refractivity contribution >= 4 is 11.2 Å². The van der Waals surface area contributed by atoms with Crippen LogP contribution in [0.1, 0.15) is 12.5 Å². The third-order valence-corrected chi connectivity index (χ3v) is 3.27. The van der Waals surface area contributed by atoms with Crippen LogP contribution in [0.25, 0.3) is 22.6 Å². The molecule has 0 amide bonds. The van der Waals surface area contributed by atoms with Gasteiger partial charge in [0.1, 0.15) is 17.1 Å². The topological polar surface area (TPSA) is 50.9 Å². The van der Waals surface area contributed by atoms with E-state index in [2.05, 4.69) is 21.5 Å². The summed E-state index contributed by atoms with van der Waals surface area (Å²) in [6, 6.07) is 9.39. The number of fused-ring (bicyclic) bond motifs is 1. The number of hydrogen-bond acceptors (Lipinski definition) is 3. The summed E-state index contributed by atoms with van der Waals surface area (Å²) >= 11 is 0. The van der Waals surface area contributed by atoms with Gasteiger partial charge in [0.2, 0.25) is 0 Å². The summed E-state index contributed by atoms with van der Waals surface area (Å²) in [5.41, 5.74) is 3.63. The van der Waals surface area contributed by atoms with E-state index in [4.69, 9.17) is 0 Å². The first-order chi connectivity index (χ1) is 9.20. The van der Waals surface area contributed by atoms with Gasteiger partial charge in [0, 0.05) is 18.3 Å². The summed E-state index contributed by atoms with van der Waals surface area (Å²) in [4.78, 5) is 9.03. The lowest BCUT2D eigenvalue weighted by atomic mass is 10.1. The molecule has 0 bridgehead atoms. The zero-order valence-electron chi connectivity index (χ0n) is 11.0. The molecule has 96 valence electrons. The Balaban J connectivity index is 2.26. The van der Waals surface area contributed by atoms with Crippen molar-refractivity contribution in [3.8, 4) is 17.1 Å². The molecule has 2 heterocycles. The molecule has 4 nitrogen and oxygen atoms in total. The van der Waals surface area contributed by atoms with Crippen molar-refractivity contribution in [3.63, 3.8) is 0 Å². The molecule has 0 radical (unpaired) electrons. The predicted octanol–water partition coefficient (Wildman–Crippen LogP) is 3.13. The molecule has 0 spiro atoms. The number of phenols is 1. The van der Waals surface area contributed by atoms with Gasteiger partial charge in [-0.3, -0.25) is 0 Å². The molecular weight excluding hydrogens is 238 g/mol. The normalized spacial score (nSPS) is 11.1. The smallest absolute Gasteiger partial charge is 0.160 e. The maximum atomic E-state index is 9.62. The highest BCUT2D eigenvalue weighted by Crippen LogP contribution is 2.27. The van der Waals surface area contributed by atoms with Crippen LogP contribution in [0.2, 0.25) is 0 Å². The van der Waals surface area contributed by atoms with Crippen LogP contribution in [0, 0.1) is 6.92 Å². The van der Waals surface area contributed by atoms with Crippen LogP contribution in [0.5, 0.6) is 5.75 Å². The van der Waals surface area contributed by atoms with Gasteiger partial charge in [-0.15, -0.1) is 0 Å². The Morgan fingerprint density at radius 3 is 2.84 bits per heavy atom. The van der Waals surface area contributed by atoms with Crippen LogP contribution in [0.3, 0.4) is 0 Å². The lowest BCUT2D eigenvalue weighted by Crippen LogP contribution is -1.98. The maximum Gasteiger partial charge on any atom is 0.160 e. The highest BCUT2D eigenvalue weighted by Gasteiger charge is 2.12. The van der Waals surface area contributed by atoms with Crippen molar-refractivity contribution in [2.24, 2.45) is 0 Å². The molecular formula is C15H15N3O. The molecule has 0 unspecified atom stereocenters. The Hall–Kier alpha value is -2.36. The lowest BCUT2D eigenvalue weighted by molar-refractivity contribution is 0.471. The molecule has 1 N–H and O–H groups in total. The number of nitrogens with zero attached hydrogens (tertiary/aromatic N) is 3.